The van der Waals surface area contributed by atoms with Crippen molar-refractivity contribution in [2.24, 2.45) is 46.3 Å². The first kappa shape index (κ1) is 18.0. The van der Waals surface area contributed by atoms with Crippen LogP contribution in [0, 0.1) is 46.3 Å². The van der Waals surface area contributed by atoms with Gasteiger partial charge in [0.2, 0.25) is 0 Å². The zero-order valence-corrected chi connectivity index (χ0v) is 16.8. The van der Waals surface area contributed by atoms with Crippen molar-refractivity contribution in [3.63, 3.8) is 0 Å². The lowest BCUT2D eigenvalue weighted by atomic mass is 9.43. The highest BCUT2D eigenvalue weighted by Crippen LogP contribution is 2.68. The van der Waals surface area contributed by atoms with Crippen LogP contribution in [0.2, 0.25) is 0 Å². The first-order valence-electron chi connectivity index (χ1n) is 10.9. The van der Waals surface area contributed by atoms with Crippen LogP contribution in [0.4, 0.5) is 0 Å². The second-order valence-corrected chi connectivity index (χ2v) is 11.1. The molecular formula is C23H38O2. The van der Waals surface area contributed by atoms with E-state index in [1.165, 1.54) is 51.2 Å². The highest BCUT2D eigenvalue weighted by molar-refractivity contribution is 5.53. The van der Waals surface area contributed by atoms with E-state index in [1.54, 1.807) is 0 Å². The van der Waals surface area contributed by atoms with Crippen molar-refractivity contribution in [3.8, 4) is 0 Å². The van der Waals surface area contributed by atoms with Crippen molar-refractivity contribution in [3.05, 3.63) is 0 Å². The van der Waals surface area contributed by atoms with Gasteiger partial charge < -0.3 is 9.90 Å². The molecule has 0 aromatic rings. The molecule has 4 rings (SSSR count). The highest BCUT2D eigenvalue weighted by Gasteiger charge is 2.61. The number of hydrogen-bond donors (Lipinski definition) is 1. The fraction of sp³-hybridized carbons (Fsp3) is 0.957. The van der Waals surface area contributed by atoms with Gasteiger partial charge in [0.05, 0.1) is 5.60 Å². The molecule has 4 aliphatic carbocycles. The van der Waals surface area contributed by atoms with Gasteiger partial charge in [-0.1, -0.05) is 20.8 Å². The summed E-state index contributed by atoms with van der Waals surface area (Å²) in [6, 6.07) is 0. The highest BCUT2D eigenvalue weighted by atomic mass is 16.3. The lowest BCUT2D eigenvalue weighted by molar-refractivity contribution is -0.148. The van der Waals surface area contributed by atoms with Crippen LogP contribution in [0.25, 0.3) is 0 Å². The lowest BCUT2D eigenvalue weighted by Crippen LogP contribution is -2.55. The van der Waals surface area contributed by atoms with Crippen LogP contribution in [0.3, 0.4) is 0 Å². The minimum Gasteiger partial charge on any atom is -0.390 e. The fourth-order valence-electron chi connectivity index (χ4n) is 8.43. The normalized spacial score (nSPS) is 56.4. The topological polar surface area (TPSA) is 37.3 Å². The van der Waals surface area contributed by atoms with Crippen molar-refractivity contribution < 1.29 is 9.90 Å². The Morgan fingerprint density at radius 1 is 0.920 bits per heavy atom. The Morgan fingerprint density at radius 2 is 1.64 bits per heavy atom. The first-order valence-corrected chi connectivity index (χ1v) is 10.9. The summed E-state index contributed by atoms with van der Waals surface area (Å²) in [6.07, 6.45) is 12.4. The molecule has 2 nitrogen and oxygen atoms in total. The molecule has 142 valence electrons. The molecule has 4 saturated carbocycles. The molecule has 0 radical (unpaired) electrons. The predicted octanol–water partition coefficient (Wildman–Crippen LogP) is 5.23. The molecule has 25 heavy (non-hydrogen) atoms. The van der Waals surface area contributed by atoms with Crippen molar-refractivity contribution in [1.82, 2.24) is 0 Å². The smallest absolute Gasteiger partial charge is 0.123 e. The average Bonchev–Trinajstić information content (AvgIpc) is 2.92. The second kappa shape index (κ2) is 5.81. The zero-order chi connectivity index (χ0) is 18.0. The Kier molecular flexibility index (Phi) is 4.19. The van der Waals surface area contributed by atoms with Gasteiger partial charge >= 0.3 is 0 Å². The maximum absolute atomic E-state index is 11.5. The summed E-state index contributed by atoms with van der Waals surface area (Å²) in [7, 11) is 0. The van der Waals surface area contributed by atoms with Crippen LogP contribution >= 0.6 is 0 Å². The summed E-state index contributed by atoms with van der Waals surface area (Å²) >= 11 is 0. The summed E-state index contributed by atoms with van der Waals surface area (Å²) in [5.41, 5.74) is 0.406. The number of aldehydes is 1. The Balaban J connectivity index is 1.59. The largest absolute Gasteiger partial charge is 0.390 e. The number of aliphatic hydroxyl groups is 1. The van der Waals surface area contributed by atoms with E-state index in [2.05, 4.69) is 27.7 Å². The molecule has 0 heterocycles. The van der Waals surface area contributed by atoms with Crippen LogP contribution < -0.4 is 0 Å². The van der Waals surface area contributed by atoms with Gasteiger partial charge in [-0.15, -0.1) is 0 Å². The molecule has 1 N–H and O–H groups in total. The third kappa shape index (κ3) is 2.57. The van der Waals surface area contributed by atoms with E-state index in [4.69, 9.17) is 0 Å². The van der Waals surface area contributed by atoms with Crippen molar-refractivity contribution in [1.29, 1.82) is 0 Å². The Morgan fingerprint density at radius 3 is 2.36 bits per heavy atom. The number of fused-ring (bicyclic) bond motifs is 5. The maximum Gasteiger partial charge on any atom is 0.123 e. The minimum atomic E-state index is -0.432. The molecule has 0 aliphatic heterocycles. The third-order valence-electron chi connectivity index (χ3n) is 9.88. The molecule has 4 fully saturated rings. The molecule has 0 aromatic heterocycles. The minimum absolute atomic E-state index is 0.225. The molecule has 2 heteroatoms. The van der Waals surface area contributed by atoms with Crippen molar-refractivity contribution in [2.75, 3.05) is 0 Å². The summed E-state index contributed by atoms with van der Waals surface area (Å²) < 4.78 is 0. The molecule has 0 aromatic carbocycles. The molecule has 4 aliphatic rings. The van der Waals surface area contributed by atoms with E-state index in [0.29, 0.717) is 22.7 Å². The Bertz CT molecular complexity index is 540. The number of carbonyl (C=O) groups is 1. The quantitative estimate of drug-likeness (QED) is 0.695. The van der Waals surface area contributed by atoms with Crippen LogP contribution in [0.5, 0.6) is 0 Å². The fourth-order valence-corrected chi connectivity index (χ4v) is 8.43. The third-order valence-corrected chi connectivity index (χ3v) is 9.88. The lowest BCUT2D eigenvalue weighted by Gasteiger charge is -2.62. The van der Waals surface area contributed by atoms with E-state index >= 15 is 0 Å². The molecule has 0 saturated heterocycles. The molecule has 3 unspecified atom stereocenters. The van der Waals surface area contributed by atoms with Gasteiger partial charge in [-0.05, 0) is 105 Å². The maximum atomic E-state index is 11.5. The summed E-state index contributed by atoms with van der Waals surface area (Å²) in [4.78, 5) is 11.5. The number of carbonyl (C=O) groups excluding carboxylic acids is 1. The van der Waals surface area contributed by atoms with E-state index < -0.39 is 5.60 Å². The van der Waals surface area contributed by atoms with E-state index in [9.17, 15) is 9.90 Å². The standard InChI is InChI=1S/C23H38O2/c1-15(14-24)18-7-8-19-17-6-5-16-13-21(2,25)11-12-22(16,3)20(17)9-10-23(18,19)4/h14-20,25H,5-13H2,1-4H3/t15-,16?,17?,18-,19+,20+,21+,22?,23-/m1/s1. The summed E-state index contributed by atoms with van der Waals surface area (Å²) in [5.74, 6) is 4.10. The van der Waals surface area contributed by atoms with Crippen LogP contribution in [0.15, 0.2) is 0 Å². The van der Waals surface area contributed by atoms with Crippen molar-refractivity contribution in [2.45, 2.75) is 91.1 Å². The van der Waals surface area contributed by atoms with Gasteiger partial charge in [0.25, 0.3) is 0 Å². The molecule has 0 amide bonds. The van der Waals surface area contributed by atoms with Crippen LogP contribution in [0.1, 0.15) is 85.5 Å². The number of hydrogen-bond acceptors (Lipinski definition) is 2. The van der Waals surface area contributed by atoms with Gasteiger partial charge in [0, 0.05) is 5.92 Å². The first-order chi connectivity index (χ1) is 11.7. The van der Waals surface area contributed by atoms with E-state index in [-0.39, 0.29) is 5.92 Å². The summed E-state index contributed by atoms with van der Waals surface area (Å²) in [5, 5.41) is 10.6. The number of rotatable bonds is 2. The zero-order valence-electron chi connectivity index (χ0n) is 16.8. The van der Waals surface area contributed by atoms with E-state index in [0.717, 1.165) is 30.6 Å². The Hall–Kier alpha value is -0.370. The van der Waals surface area contributed by atoms with Gasteiger partial charge in [0.1, 0.15) is 6.29 Å². The predicted molar refractivity (Wildman–Crippen MR) is 101 cm³/mol. The monoisotopic (exact) mass is 346 g/mol. The average molecular weight is 347 g/mol. The van der Waals surface area contributed by atoms with Crippen molar-refractivity contribution >= 4 is 6.29 Å². The molecule has 0 spiro atoms. The van der Waals surface area contributed by atoms with Crippen LogP contribution in [-0.2, 0) is 4.79 Å². The van der Waals surface area contributed by atoms with Crippen LogP contribution in [-0.4, -0.2) is 17.0 Å². The SMILES string of the molecule is C[C@H](C=O)[C@H]1CC[C@H]2C3CCC4C[C@@](C)(O)CCC4(C)[C@H]3CC[C@]12C. The van der Waals surface area contributed by atoms with Gasteiger partial charge in [-0.25, -0.2) is 0 Å². The summed E-state index contributed by atoms with van der Waals surface area (Å²) in [6.45, 7) is 9.29. The molecule has 0 bridgehead atoms. The van der Waals surface area contributed by atoms with Gasteiger partial charge in [-0.2, -0.15) is 0 Å². The second-order valence-electron chi connectivity index (χ2n) is 11.1. The Labute approximate surface area is 154 Å². The van der Waals surface area contributed by atoms with Gasteiger partial charge in [0.15, 0.2) is 0 Å². The van der Waals surface area contributed by atoms with Gasteiger partial charge in [-0.3, -0.25) is 0 Å². The molecular weight excluding hydrogens is 308 g/mol. The van der Waals surface area contributed by atoms with E-state index in [1.807, 2.05) is 0 Å². The molecule has 9 atom stereocenters.